The van der Waals surface area contributed by atoms with Crippen LogP contribution in [0.25, 0.3) is 0 Å². The van der Waals surface area contributed by atoms with Gasteiger partial charge in [0.25, 0.3) is 0 Å². The molecule has 0 amide bonds. The van der Waals surface area contributed by atoms with Gasteiger partial charge >= 0.3 is 141 Å². The van der Waals surface area contributed by atoms with Crippen molar-refractivity contribution in [3.05, 3.63) is 12.2 Å². The molecule has 0 fully saturated rings. The average Bonchev–Trinajstić information content (AvgIpc) is 1.36. The number of hydrogen-bond donors (Lipinski definition) is 0. The first kappa shape index (κ1) is 36.0. The zero-order valence-electron chi connectivity index (χ0n) is 4.70. The van der Waals surface area contributed by atoms with Gasteiger partial charge in [0.2, 0.25) is 3.79 Å². The first-order chi connectivity index (χ1) is 2.64. The van der Waals surface area contributed by atoms with E-state index >= 15 is 0 Å². The summed E-state index contributed by atoms with van der Waals surface area (Å²) in [5, 5.41) is 0. The van der Waals surface area contributed by atoms with Crippen molar-refractivity contribution < 1.29 is 26.5 Å². The van der Waals surface area contributed by atoms with Crippen LogP contribution < -0.4 is 0 Å². The van der Waals surface area contributed by atoms with E-state index in [0.717, 1.165) is 0 Å². The molecule has 0 atom stereocenters. The van der Waals surface area contributed by atoms with Crippen LogP contribution in [-0.4, -0.2) is 144 Å². The number of hydrogen-bond acceptors (Lipinski definition) is 1. The van der Waals surface area contributed by atoms with E-state index in [9.17, 15) is 4.79 Å². The van der Waals surface area contributed by atoms with E-state index in [1.165, 1.54) is 0 Å². The molecule has 0 aromatic carbocycles. The van der Waals surface area contributed by atoms with Crippen LogP contribution in [0.5, 0.6) is 0 Å². The van der Waals surface area contributed by atoms with E-state index in [0.29, 0.717) is 5.57 Å². The standard InChI is InChI=1S/C4H5IO.3Ca.Pb.Ti.8H/c1-3(2)4(5)6;;;;;;;;;;;;;/h1H2,2H3;;;;;;;;;;;;;. The second kappa shape index (κ2) is 24.7. The molecule has 0 saturated carbocycles. The largest absolute Gasteiger partial charge is 0 e. The second-order valence-electron chi connectivity index (χ2n) is 1.05. The summed E-state index contributed by atoms with van der Waals surface area (Å²) in [6.45, 7) is 5.09. The van der Waals surface area contributed by atoms with Crippen molar-refractivity contribution in [1.29, 1.82) is 0 Å². The minimum absolute atomic E-state index is 0. The summed E-state index contributed by atoms with van der Waals surface area (Å²) < 4.78 is 0.0348. The van der Waals surface area contributed by atoms with Crippen molar-refractivity contribution >= 4 is 167 Å². The van der Waals surface area contributed by atoms with Gasteiger partial charge in [-0.15, -0.1) is 0 Å². The first-order valence-corrected chi connectivity index (χ1v) is 2.58. The molecule has 0 aliphatic carbocycles. The average molecular weight is 579 g/mol. The summed E-state index contributed by atoms with van der Waals surface area (Å²) in [5.74, 6) is 0. The molecular formula is C4H13Ca3IOPbTi. The van der Waals surface area contributed by atoms with Crippen LogP contribution in [0.2, 0.25) is 0 Å². The minimum atomic E-state index is 0. The van der Waals surface area contributed by atoms with Crippen LogP contribution in [-0.2, 0) is 26.5 Å². The van der Waals surface area contributed by atoms with E-state index in [1.54, 1.807) is 29.5 Å². The van der Waals surface area contributed by atoms with Crippen LogP contribution >= 0.6 is 22.6 Å². The molecule has 2 radical (unpaired) electrons. The molecule has 0 unspecified atom stereocenters. The quantitative estimate of drug-likeness (QED) is 0.150. The predicted molar refractivity (Wildman–Crippen MR) is 68.0 cm³/mol. The van der Waals surface area contributed by atoms with Crippen molar-refractivity contribution in [2.24, 2.45) is 0 Å². The molecule has 7 heteroatoms. The fraction of sp³-hybridized carbons (Fsp3) is 0.250. The zero-order valence-corrected chi connectivity index (χ0v) is 13.9. The summed E-state index contributed by atoms with van der Waals surface area (Å²) in [6, 6.07) is 0. The Morgan fingerprint density at radius 2 is 1.36 bits per heavy atom. The third-order valence-electron chi connectivity index (χ3n) is 0.336. The van der Waals surface area contributed by atoms with Crippen LogP contribution in [0, 0.1) is 0 Å². The number of carbonyl (C=O) groups is 1. The van der Waals surface area contributed by atoms with Crippen molar-refractivity contribution in [1.82, 2.24) is 0 Å². The molecule has 0 aromatic heterocycles. The normalized spacial score (nSPS) is 4.18. The SMILES string of the molecule is C=C(C)C(=O)I.[CaH2].[CaH2].[CaH2].[PbH2].[Ti]. The molecule has 0 spiro atoms. The summed E-state index contributed by atoms with van der Waals surface area (Å²) in [5.41, 5.74) is 0.607. The van der Waals surface area contributed by atoms with Gasteiger partial charge < -0.3 is 0 Å². The van der Waals surface area contributed by atoms with Gasteiger partial charge in [0.15, 0.2) is 0 Å². The second-order valence-corrected chi connectivity index (χ2v) is 2.03. The van der Waals surface area contributed by atoms with E-state index in [-0.39, 0.29) is 166 Å². The van der Waals surface area contributed by atoms with Gasteiger partial charge in [0, 0.05) is 44.3 Å². The van der Waals surface area contributed by atoms with Gasteiger partial charge in [-0.05, 0) is 12.5 Å². The van der Waals surface area contributed by atoms with Gasteiger partial charge in [-0.1, -0.05) is 6.58 Å². The third kappa shape index (κ3) is 31.3. The molecular weight excluding hydrogens is 566 g/mol. The maximum atomic E-state index is 10.0. The number of halogens is 1. The fourth-order valence-corrected chi connectivity index (χ4v) is 0. The number of carbonyl (C=O) groups excluding carboxylic acids is 1. The van der Waals surface area contributed by atoms with Crippen molar-refractivity contribution in [3.8, 4) is 0 Å². The smallest absolute Gasteiger partial charge is 0 e. The van der Waals surface area contributed by atoms with Gasteiger partial charge in [0.1, 0.15) is 0 Å². The molecule has 1 nitrogen and oxygen atoms in total. The Morgan fingerprint density at radius 1 is 1.27 bits per heavy atom. The Morgan fingerprint density at radius 3 is 1.36 bits per heavy atom. The van der Waals surface area contributed by atoms with Crippen LogP contribution in [0.4, 0.5) is 0 Å². The summed E-state index contributed by atoms with van der Waals surface area (Å²) in [7, 11) is 0. The summed E-state index contributed by atoms with van der Waals surface area (Å²) in [4.78, 5) is 10.0. The number of allylic oxidation sites excluding steroid dienone is 1. The van der Waals surface area contributed by atoms with Gasteiger partial charge in [0.05, 0.1) is 0 Å². The maximum Gasteiger partial charge on any atom is 0 e. The third-order valence-corrected chi connectivity index (χ3v) is 1.26. The van der Waals surface area contributed by atoms with E-state index in [4.69, 9.17) is 0 Å². The van der Waals surface area contributed by atoms with Crippen LogP contribution in [0.3, 0.4) is 0 Å². The molecule has 0 rings (SSSR count). The topological polar surface area (TPSA) is 17.1 Å². The van der Waals surface area contributed by atoms with E-state index in [2.05, 4.69) is 6.58 Å². The van der Waals surface area contributed by atoms with Crippen molar-refractivity contribution in [3.63, 3.8) is 0 Å². The Bertz CT molecular complexity index is 91.3. The monoisotopic (exact) mass is 580 g/mol. The molecule has 0 saturated heterocycles. The Balaban J connectivity index is -0.0000000125. The summed E-state index contributed by atoms with van der Waals surface area (Å²) in [6.07, 6.45) is 0. The first-order valence-electron chi connectivity index (χ1n) is 1.50. The Labute approximate surface area is 206 Å². The van der Waals surface area contributed by atoms with E-state index in [1.807, 2.05) is 0 Å². The minimum Gasteiger partial charge on any atom is 0 e. The van der Waals surface area contributed by atoms with Crippen molar-refractivity contribution in [2.75, 3.05) is 0 Å². The zero-order chi connectivity index (χ0) is 5.15. The maximum absolute atomic E-state index is 10.0. The van der Waals surface area contributed by atoms with Gasteiger partial charge in [-0.2, -0.15) is 0 Å². The number of rotatable bonds is 1. The Hall–Kier alpha value is 5.56. The van der Waals surface area contributed by atoms with Crippen molar-refractivity contribution in [2.45, 2.75) is 6.92 Å². The summed E-state index contributed by atoms with van der Waals surface area (Å²) >= 11 is 1.69. The molecule has 0 N–H and O–H groups in total. The molecule has 11 heavy (non-hydrogen) atoms. The molecule has 0 heterocycles. The molecule has 0 bridgehead atoms. The van der Waals surface area contributed by atoms with Crippen LogP contribution in [0.1, 0.15) is 6.92 Å². The molecule has 0 aliphatic heterocycles. The fourth-order valence-electron chi connectivity index (χ4n) is 0. The van der Waals surface area contributed by atoms with Gasteiger partial charge in [-0.25, -0.2) is 0 Å². The van der Waals surface area contributed by atoms with Gasteiger partial charge in [-0.3, -0.25) is 4.79 Å². The Kier molecular flexibility index (Phi) is 80.7. The van der Waals surface area contributed by atoms with E-state index < -0.39 is 0 Å². The van der Waals surface area contributed by atoms with Crippen LogP contribution in [0.15, 0.2) is 12.2 Å². The predicted octanol–water partition coefficient (Wildman–Crippen LogP) is -2.14. The molecule has 0 aromatic rings. The molecule has 56 valence electrons. The molecule has 0 aliphatic rings.